The van der Waals surface area contributed by atoms with Crippen LogP contribution in [0.1, 0.15) is 35.5 Å². The van der Waals surface area contributed by atoms with E-state index in [1.54, 1.807) is 11.3 Å². The molecule has 0 unspecified atom stereocenters. The molecule has 0 saturated heterocycles. The number of nitrogens with one attached hydrogen (secondary N) is 1. The molecule has 0 bridgehead atoms. The van der Waals surface area contributed by atoms with Crippen molar-refractivity contribution in [1.29, 1.82) is 0 Å². The van der Waals surface area contributed by atoms with Crippen molar-refractivity contribution < 1.29 is 18.7 Å². The van der Waals surface area contributed by atoms with E-state index < -0.39 is 11.7 Å². The van der Waals surface area contributed by atoms with Crippen LogP contribution >= 0.6 is 22.9 Å². The lowest BCUT2D eigenvalue weighted by Crippen LogP contribution is -2.38. The quantitative estimate of drug-likeness (QED) is 0.205. The lowest BCUT2D eigenvalue weighted by atomic mass is 9.96. The molecule has 2 amide bonds. The summed E-state index contributed by atoms with van der Waals surface area (Å²) < 4.78 is 22.8. The Morgan fingerprint density at radius 2 is 1.93 bits per heavy atom. The van der Waals surface area contributed by atoms with Crippen LogP contribution in [0.15, 0.2) is 66.3 Å². The second-order valence-electron chi connectivity index (χ2n) is 11.1. The molecule has 0 radical (unpaired) electrons. The first-order valence-corrected chi connectivity index (χ1v) is 15.4. The predicted octanol–water partition coefficient (Wildman–Crippen LogP) is 7.00. The van der Waals surface area contributed by atoms with Gasteiger partial charge in [0.05, 0.1) is 30.6 Å². The third-order valence-electron chi connectivity index (χ3n) is 7.81. The van der Waals surface area contributed by atoms with Crippen molar-refractivity contribution in [1.82, 2.24) is 25.0 Å². The van der Waals surface area contributed by atoms with E-state index in [4.69, 9.17) is 26.4 Å². The largest absolute Gasteiger partial charge is 0.490 e. The molecule has 44 heavy (non-hydrogen) atoms. The van der Waals surface area contributed by atoms with Crippen LogP contribution in [0.4, 0.5) is 4.39 Å². The Bertz CT molecular complexity index is 2020. The monoisotopic (exact) mass is 627 g/mol. The first-order chi connectivity index (χ1) is 21.2. The zero-order chi connectivity index (χ0) is 30.7. The molecule has 8 nitrogen and oxygen atoms in total. The van der Waals surface area contributed by atoms with Crippen molar-refractivity contribution in [3.05, 3.63) is 88.2 Å². The minimum atomic E-state index is -0.985. The molecule has 3 aromatic heterocycles. The molecular weight excluding hydrogens is 601 g/mol. The van der Waals surface area contributed by atoms with Gasteiger partial charge in [-0.1, -0.05) is 24.2 Å². The van der Waals surface area contributed by atoms with Gasteiger partial charge in [0, 0.05) is 50.5 Å². The Labute approximate surface area is 261 Å². The summed E-state index contributed by atoms with van der Waals surface area (Å²) in [6.07, 6.45) is -0.0989. The highest BCUT2D eigenvalue weighted by Gasteiger charge is 2.28. The van der Waals surface area contributed by atoms with Crippen molar-refractivity contribution in [2.24, 2.45) is 0 Å². The number of halogens is 2. The lowest BCUT2D eigenvalue weighted by molar-refractivity contribution is -0.130. The number of hydrogen-bond acceptors (Lipinski definition) is 6. The summed E-state index contributed by atoms with van der Waals surface area (Å²) in [7, 11) is 0. The number of ether oxygens (including phenoxy) is 1. The van der Waals surface area contributed by atoms with Crippen LogP contribution in [0, 0.1) is 0 Å². The van der Waals surface area contributed by atoms with E-state index in [2.05, 4.69) is 18.0 Å². The Balaban J connectivity index is 1.46. The summed E-state index contributed by atoms with van der Waals surface area (Å²) in [5, 5.41) is 11.4. The second kappa shape index (κ2) is 10.9. The molecule has 1 N–H and O–H groups in total. The Kier molecular flexibility index (Phi) is 6.98. The molecule has 0 spiro atoms. The molecule has 0 saturated carbocycles. The predicted molar refractivity (Wildman–Crippen MR) is 169 cm³/mol. The number of rotatable bonds is 6. The Morgan fingerprint density at radius 3 is 2.73 bits per heavy atom. The van der Waals surface area contributed by atoms with E-state index in [1.807, 2.05) is 66.4 Å². The molecule has 0 aliphatic carbocycles. The molecule has 0 atom stereocenters. The van der Waals surface area contributed by atoms with E-state index in [9.17, 15) is 14.0 Å². The minimum Gasteiger partial charge on any atom is -0.490 e. The van der Waals surface area contributed by atoms with E-state index in [0.717, 1.165) is 43.7 Å². The molecule has 222 valence electrons. The molecule has 5 aromatic rings. The topological polar surface area (TPSA) is 89.4 Å². The van der Waals surface area contributed by atoms with Gasteiger partial charge in [-0.05, 0) is 67.3 Å². The summed E-state index contributed by atoms with van der Waals surface area (Å²) in [5.41, 5.74) is 6.92. The number of carbonyl (C=O) groups excluding carboxylic acids is 2. The van der Waals surface area contributed by atoms with Gasteiger partial charge in [0.15, 0.2) is 5.83 Å². The highest BCUT2D eigenvalue weighted by Crippen LogP contribution is 2.46. The number of amides is 2. The number of fused-ring (bicyclic) bond motifs is 3. The number of hydrogen-bond donors (Lipinski definition) is 1. The number of aromatic nitrogens is 3. The average Bonchev–Trinajstić information content (AvgIpc) is 3.74. The summed E-state index contributed by atoms with van der Waals surface area (Å²) in [5.74, 6) is -1.16. The average molecular weight is 628 g/mol. The van der Waals surface area contributed by atoms with Gasteiger partial charge < -0.3 is 15.0 Å². The van der Waals surface area contributed by atoms with E-state index >= 15 is 0 Å². The Hall–Kier alpha value is -4.54. The van der Waals surface area contributed by atoms with Gasteiger partial charge in [-0.3, -0.25) is 14.3 Å². The van der Waals surface area contributed by atoms with Gasteiger partial charge in [0.1, 0.15) is 17.1 Å². The maximum absolute atomic E-state index is 13.7. The second-order valence-corrected chi connectivity index (χ2v) is 12.4. The van der Waals surface area contributed by atoms with Crippen molar-refractivity contribution in [2.75, 3.05) is 6.54 Å². The number of nitrogens with zero attached hydrogens (tertiary/aromatic N) is 4. The zero-order valence-corrected chi connectivity index (χ0v) is 25.6. The van der Waals surface area contributed by atoms with E-state index in [1.165, 1.54) is 4.90 Å². The maximum Gasteiger partial charge on any atom is 0.282 e. The molecule has 2 aromatic carbocycles. The van der Waals surface area contributed by atoms with Crippen molar-refractivity contribution in [3.8, 4) is 39.5 Å². The normalized spacial score (nSPS) is 14.1. The molecule has 5 heterocycles. The summed E-state index contributed by atoms with van der Waals surface area (Å²) in [4.78, 5) is 31.3. The van der Waals surface area contributed by atoms with Crippen molar-refractivity contribution >= 4 is 44.8 Å². The molecular formula is C33H27ClFN5O3S. The molecule has 7 rings (SSSR count). The first-order valence-electron chi connectivity index (χ1n) is 14.2. The fraction of sp³-hybridized carbons (Fsp3) is 0.212. The van der Waals surface area contributed by atoms with E-state index in [-0.39, 0.29) is 18.6 Å². The lowest BCUT2D eigenvalue weighted by Gasteiger charge is -2.26. The standard InChI is InChI=1S/C33H27ClFN5O3S/c1-17(2)43-27-13-21(34)5-7-24(27)28-30(26-14-22-16-39(33(42)18(3)35)9-10-40(22)38-26)37-29(25-8-11-44-31(25)28)19-4-6-23-20(12-19)15-36-32(23)41/h4-8,11-14,17H,3,9-10,15-16H2,1-2H3,(H,36,41). The summed E-state index contributed by atoms with van der Waals surface area (Å²) >= 11 is 8.02. The van der Waals surface area contributed by atoms with Crippen LogP contribution in [0.3, 0.4) is 0 Å². The van der Waals surface area contributed by atoms with Crippen LogP contribution in [-0.2, 0) is 24.4 Å². The SMILES string of the molecule is C=C(F)C(=O)N1CCn2nc(-c3nc(-c4ccc5c(c4)CNC5=O)c4ccsc4c3-c3ccc(Cl)cc3OC(C)C)cc2C1. The number of pyridine rings is 1. The maximum atomic E-state index is 13.7. The third-order valence-corrected chi connectivity index (χ3v) is 8.97. The smallest absolute Gasteiger partial charge is 0.282 e. The minimum absolute atomic E-state index is 0.0795. The number of carbonyl (C=O) groups is 2. The first kappa shape index (κ1) is 28.2. The zero-order valence-electron chi connectivity index (χ0n) is 24.0. The summed E-state index contributed by atoms with van der Waals surface area (Å²) in [6.45, 7) is 8.49. The highest BCUT2D eigenvalue weighted by molar-refractivity contribution is 7.18. The molecule has 2 aliphatic rings. The fourth-order valence-corrected chi connectivity index (χ4v) is 6.96. The molecule has 11 heteroatoms. The van der Waals surface area contributed by atoms with Gasteiger partial charge in [-0.2, -0.15) is 5.10 Å². The van der Waals surface area contributed by atoms with Crippen LogP contribution in [-0.4, -0.2) is 44.1 Å². The molecule has 0 fully saturated rings. The number of thiophene rings is 1. The van der Waals surface area contributed by atoms with Crippen molar-refractivity contribution in [2.45, 2.75) is 39.6 Å². The fourth-order valence-electron chi connectivity index (χ4n) is 5.84. The van der Waals surface area contributed by atoms with Crippen LogP contribution < -0.4 is 10.1 Å². The van der Waals surface area contributed by atoms with Crippen LogP contribution in [0.5, 0.6) is 5.75 Å². The van der Waals surface area contributed by atoms with Gasteiger partial charge in [0.25, 0.3) is 11.8 Å². The van der Waals surface area contributed by atoms with Gasteiger partial charge in [0.2, 0.25) is 0 Å². The third kappa shape index (κ3) is 4.84. The number of benzene rings is 2. The highest BCUT2D eigenvalue weighted by atomic mass is 35.5. The van der Waals surface area contributed by atoms with Crippen LogP contribution in [0.25, 0.3) is 43.9 Å². The van der Waals surface area contributed by atoms with Gasteiger partial charge in [-0.15, -0.1) is 11.3 Å². The summed E-state index contributed by atoms with van der Waals surface area (Å²) in [6, 6.07) is 15.3. The van der Waals surface area contributed by atoms with Gasteiger partial charge >= 0.3 is 0 Å². The van der Waals surface area contributed by atoms with Gasteiger partial charge in [-0.25, -0.2) is 9.37 Å². The van der Waals surface area contributed by atoms with Crippen molar-refractivity contribution in [3.63, 3.8) is 0 Å². The van der Waals surface area contributed by atoms with Crippen LogP contribution in [0.2, 0.25) is 5.02 Å². The Morgan fingerprint density at radius 1 is 1.11 bits per heavy atom. The molecule has 2 aliphatic heterocycles. The van der Waals surface area contributed by atoms with E-state index in [0.29, 0.717) is 47.4 Å².